The monoisotopic (exact) mass is 694 g/mol. The van der Waals surface area contributed by atoms with E-state index in [0.29, 0.717) is 0 Å². The van der Waals surface area contributed by atoms with Gasteiger partial charge in [0.15, 0.2) is 0 Å². The van der Waals surface area contributed by atoms with Crippen LogP contribution in [0.2, 0.25) is 0 Å². The van der Waals surface area contributed by atoms with E-state index in [-0.39, 0.29) is 5.41 Å². The molecule has 0 N–H and O–H groups in total. The number of rotatable bonds is 2. The Morgan fingerprint density at radius 3 is 1.19 bits per heavy atom. The lowest BCUT2D eigenvalue weighted by atomic mass is 9.70. The third kappa shape index (κ3) is 6.29. The first-order valence-corrected chi connectivity index (χ1v) is 19.0. The van der Waals surface area contributed by atoms with Crippen molar-refractivity contribution in [2.24, 2.45) is 0 Å². The number of benzene rings is 8. The average molecular weight is 695 g/mol. The highest BCUT2D eigenvalue weighted by Crippen LogP contribution is 2.63. The van der Waals surface area contributed by atoms with E-state index in [9.17, 15) is 0 Å². The van der Waals surface area contributed by atoms with Crippen LogP contribution in [-0.4, -0.2) is 0 Å². The Kier molecular flexibility index (Phi) is 9.45. The van der Waals surface area contributed by atoms with Gasteiger partial charge in [-0.3, -0.25) is 0 Å². The lowest BCUT2D eigenvalue weighted by Gasteiger charge is -2.31. The van der Waals surface area contributed by atoms with E-state index < -0.39 is 0 Å². The molecule has 0 aliphatic heterocycles. The predicted molar refractivity (Wildman–Crippen MR) is 230 cm³/mol. The molecule has 0 bridgehead atoms. The van der Waals surface area contributed by atoms with E-state index in [1.54, 1.807) is 0 Å². The molecule has 0 heterocycles. The molecule has 0 heteroatoms. The van der Waals surface area contributed by atoms with Crippen molar-refractivity contribution in [1.29, 1.82) is 0 Å². The molecule has 54 heavy (non-hydrogen) atoms. The topological polar surface area (TPSA) is 0 Å². The summed E-state index contributed by atoms with van der Waals surface area (Å²) in [5.74, 6) is 0. The van der Waals surface area contributed by atoms with E-state index in [1.807, 2.05) is 12.1 Å². The highest BCUT2D eigenvalue weighted by molar-refractivity contribution is 5.96. The fraction of sp³-hybridized carbons (Fsp3) is 0.111. The Morgan fingerprint density at radius 2 is 0.685 bits per heavy atom. The van der Waals surface area contributed by atoms with Crippen LogP contribution in [0.25, 0.3) is 44.5 Å². The van der Waals surface area contributed by atoms with Gasteiger partial charge in [-0.15, -0.1) is 0 Å². The van der Waals surface area contributed by atoms with Crippen LogP contribution < -0.4 is 0 Å². The highest BCUT2D eigenvalue weighted by atomic mass is 14.5. The van der Waals surface area contributed by atoms with Crippen molar-refractivity contribution in [3.63, 3.8) is 0 Å². The zero-order valence-corrected chi connectivity index (χ0v) is 31.9. The number of fused-ring (bicyclic) bond motifs is 10. The van der Waals surface area contributed by atoms with Gasteiger partial charge in [0, 0.05) is 0 Å². The molecule has 8 aromatic rings. The summed E-state index contributed by atoms with van der Waals surface area (Å²) in [7, 11) is 0. The first-order chi connectivity index (χ1) is 26.3. The summed E-state index contributed by atoms with van der Waals surface area (Å²) in [6, 6.07) is 67.8. The zero-order valence-electron chi connectivity index (χ0n) is 31.9. The van der Waals surface area contributed by atoms with Crippen molar-refractivity contribution in [1.82, 2.24) is 0 Å². The normalized spacial score (nSPS) is 12.3. The largest absolute Gasteiger partial charge is 0.0725 e. The van der Waals surface area contributed by atoms with Gasteiger partial charge in [0.05, 0.1) is 5.41 Å². The molecule has 0 nitrogen and oxygen atoms in total. The fourth-order valence-electron chi connectivity index (χ4n) is 8.52. The number of hydrogen-bond acceptors (Lipinski definition) is 0. The maximum Gasteiger partial charge on any atom is 0.0725 e. The average Bonchev–Trinajstić information content (AvgIpc) is 3.67. The second-order valence-corrected chi connectivity index (χ2v) is 14.9. The van der Waals surface area contributed by atoms with Crippen LogP contribution in [0.15, 0.2) is 188 Å². The van der Waals surface area contributed by atoms with Crippen molar-refractivity contribution < 1.29 is 0 Å². The second kappa shape index (κ2) is 14.6. The minimum absolute atomic E-state index is 0.208. The molecular formula is C54H46. The Hall–Kier alpha value is -6.24. The molecule has 8 aromatic carbocycles. The molecule has 0 fully saturated rings. The molecular weight excluding hydrogens is 649 g/mol. The maximum atomic E-state index is 2.43. The van der Waals surface area contributed by atoms with E-state index in [0.717, 1.165) is 0 Å². The lowest BCUT2D eigenvalue weighted by Crippen LogP contribution is -2.26. The molecule has 0 aromatic heterocycles. The van der Waals surface area contributed by atoms with Crippen molar-refractivity contribution in [2.75, 3.05) is 0 Å². The smallest absolute Gasteiger partial charge is 0.0622 e. The van der Waals surface area contributed by atoms with Crippen LogP contribution in [-0.2, 0) is 5.41 Å². The Morgan fingerprint density at radius 1 is 0.278 bits per heavy atom. The van der Waals surface area contributed by atoms with Gasteiger partial charge < -0.3 is 0 Å². The van der Waals surface area contributed by atoms with Gasteiger partial charge in [-0.1, -0.05) is 210 Å². The second-order valence-electron chi connectivity index (χ2n) is 14.9. The molecule has 0 radical (unpaired) electrons. The summed E-state index contributed by atoms with van der Waals surface area (Å²) >= 11 is 0. The summed E-state index contributed by atoms with van der Waals surface area (Å²) in [5, 5.41) is 0. The highest BCUT2D eigenvalue weighted by Gasteiger charge is 2.51. The van der Waals surface area contributed by atoms with Gasteiger partial charge in [-0.25, -0.2) is 0 Å². The Labute approximate surface area is 321 Å². The molecule has 2 aliphatic rings. The molecule has 0 atom stereocenters. The summed E-state index contributed by atoms with van der Waals surface area (Å²) in [6.45, 7) is 10.9. The molecule has 1 spiro atoms. The molecule has 0 unspecified atom stereocenters. The maximum absolute atomic E-state index is 2.43. The van der Waals surface area contributed by atoms with Crippen LogP contribution in [0.5, 0.6) is 0 Å². The molecule has 0 amide bonds. The van der Waals surface area contributed by atoms with Gasteiger partial charge in [-0.2, -0.15) is 0 Å². The Balaban J connectivity index is 0.000000132. The summed E-state index contributed by atoms with van der Waals surface area (Å²) in [6.07, 6.45) is 0. The third-order valence-electron chi connectivity index (χ3n) is 11.0. The SMILES string of the molecule is Cc1ccc(-c2ccccc2)cc1.Cc1ccc(-c2ccccc2)cc1.Cc1ccc2c(c1)C1(c3ccccc3-c3ccccc31)c1cc(C)cc(C)c1-2. The lowest BCUT2D eigenvalue weighted by molar-refractivity contribution is 0.791. The van der Waals surface area contributed by atoms with E-state index in [2.05, 4.69) is 211 Å². The van der Waals surface area contributed by atoms with E-state index in [1.165, 1.54) is 94.6 Å². The van der Waals surface area contributed by atoms with Crippen molar-refractivity contribution in [3.8, 4) is 44.5 Å². The van der Waals surface area contributed by atoms with Crippen LogP contribution >= 0.6 is 0 Å². The standard InChI is InChI=1S/C28H22.2C13H12/c1-17-12-13-22-25(15-17)28(26-16-18(2)14-19(3)27(22)26)23-10-6-4-8-20(23)21-9-5-7-11-24(21)28;2*1-11-7-9-13(10-8-11)12-5-3-2-4-6-12/h4-16H,1-3H3;2*2-10H,1H3. The van der Waals surface area contributed by atoms with E-state index >= 15 is 0 Å². The van der Waals surface area contributed by atoms with Crippen molar-refractivity contribution in [2.45, 2.75) is 40.0 Å². The van der Waals surface area contributed by atoms with Gasteiger partial charge in [-0.05, 0) is 107 Å². The van der Waals surface area contributed by atoms with Crippen LogP contribution in [0.4, 0.5) is 0 Å². The fourth-order valence-corrected chi connectivity index (χ4v) is 8.52. The molecule has 10 rings (SSSR count). The minimum atomic E-state index is -0.208. The van der Waals surface area contributed by atoms with Gasteiger partial charge in [0.1, 0.15) is 0 Å². The zero-order chi connectivity index (χ0) is 37.2. The predicted octanol–water partition coefficient (Wildman–Crippen LogP) is 14.3. The minimum Gasteiger partial charge on any atom is -0.0622 e. The van der Waals surface area contributed by atoms with Crippen molar-refractivity contribution in [3.05, 3.63) is 238 Å². The van der Waals surface area contributed by atoms with Crippen LogP contribution in [0.3, 0.4) is 0 Å². The molecule has 0 saturated carbocycles. The molecule has 0 saturated heterocycles. The quantitative estimate of drug-likeness (QED) is 0.169. The summed E-state index contributed by atoms with van der Waals surface area (Å²) in [4.78, 5) is 0. The summed E-state index contributed by atoms with van der Waals surface area (Å²) < 4.78 is 0. The molecule has 262 valence electrons. The van der Waals surface area contributed by atoms with Gasteiger partial charge >= 0.3 is 0 Å². The van der Waals surface area contributed by atoms with Crippen LogP contribution in [0.1, 0.15) is 50.1 Å². The molecule has 2 aliphatic carbocycles. The van der Waals surface area contributed by atoms with Gasteiger partial charge in [0.2, 0.25) is 0 Å². The Bertz CT molecular complexity index is 2430. The number of hydrogen-bond donors (Lipinski definition) is 0. The summed E-state index contributed by atoms with van der Waals surface area (Å²) in [5.41, 5.74) is 22.9. The number of aryl methyl sites for hydroxylation is 5. The first kappa shape index (κ1) is 34.8. The third-order valence-corrected chi connectivity index (χ3v) is 11.0. The van der Waals surface area contributed by atoms with Crippen molar-refractivity contribution >= 4 is 0 Å². The van der Waals surface area contributed by atoms with E-state index in [4.69, 9.17) is 0 Å². The van der Waals surface area contributed by atoms with Crippen LogP contribution in [0, 0.1) is 34.6 Å². The van der Waals surface area contributed by atoms with Gasteiger partial charge in [0.25, 0.3) is 0 Å². The first-order valence-electron chi connectivity index (χ1n) is 19.0.